The molecule has 0 amide bonds. The second kappa shape index (κ2) is 8.16. The van der Waals surface area contributed by atoms with Crippen molar-refractivity contribution in [2.45, 2.75) is 24.2 Å². The van der Waals surface area contributed by atoms with E-state index in [9.17, 15) is 8.42 Å². The van der Waals surface area contributed by atoms with Gasteiger partial charge in [0.15, 0.2) is 0 Å². The fourth-order valence-electron chi connectivity index (χ4n) is 3.99. The zero-order valence-electron chi connectivity index (χ0n) is 16.8. The van der Waals surface area contributed by atoms with Crippen LogP contribution in [-0.2, 0) is 16.4 Å². The minimum atomic E-state index is -3.57. The van der Waals surface area contributed by atoms with Crippen molar-refractivity contribution in [2.75, 3.05) is 13.1 Å². The summed E-state index contributed by atoms with van der Waals surface area (Å²) in [7, 11) is -3.57. The van der Waals surface area contributed by atoms with E-state index in [4.69, 9.17) is 4.52 Å². The Labute approximate surface area is 180 Å². The van der Waals surface area contributed by atoms with Gasteiger partial charge in [0.25, 0.3) is 0 Å². The van der Waals surface area contributed by atoms with Crippen molar-refractivity contribution in [3.63, 3.8) is 0 Å². The van der Waals surface area contributed by atoms with Crippen LogP contribution in [0.25, 0.3) is 22.3 Å². The zero-order valence-corrected chi connectivity index (χ0v) is 17.6. The third kappa shape index (κ3) is 4.06. The molecule has 5 rings (SSSR count). The van der Waals surface area contributed by atoms with Gasteiger partial charge in [-0.25, -0.2) is 13.4 Å². The smallest absolute Gasteiger partial charge is 0.243 e. The Morgan fingerprint density at radius 3 is 2.81 bits per heavy atom. The van der Waals surface area contributed by atoms with E-state index in [1.165, 1.54) is 0 Å². The Balaban J connectivity index is 1.32. The van der Waals surface area contributed by atoms with Gasteiger partial charge in [0.2, 0.25) is 21.7 Å². The van der Waals surface area contributed by atoms with E-state index in [-0.39, 0.29) is 5.92 Å². The Kier molecular flexibility index (Phi) is 5.21. The van der Waals surface area contributed by atoms with Crippen LogP contribution in [0.1, 0.15) is 18.7 Å². The van der Waals surface area contributed by atoms with Gasteiger partial charge in [-0.05, 0) is 41.7 Å². The van der Waals surface area contributed by atoms with E-state index in [1.807, 2.05) is 30.3 Å². The first-order valence-corrected chi connectivity index (χ1v) is 11.6. The molecule has 1 atom stereocenters. The molecule has 1 aliphatic heterocycles. The second-order valence-corrected chi connectivity index (χ2v) is 9.62. The van der Waals surface area contributed by atoms with Crippen molar-refractivity contribution < 1.29 is 12.9 Å². The molecule has 1 unspecified atom stereocenters. The van der Waals surface area contributed by atoms with E-state index in [1.54, 1.807) is 35.0 Å². The highest BCUT2D eigenvalue weighted by Gasteiger charge is 2.31. The normalized spacial score (nSPS) is 17.7. The van der Waals surface area contributed by atoms with Crippen molar-refractivity contribution in [3.05, 3.63) is 66.9 Å². The third-order valence-electron chi connectivity index (χ3n) is 5.56. The molecule has 1 aliphatic rings. The van der Waals surface area contributed by atoms with Crippen LogP contribution < -0.4 is 0 Å². The SMILES string of the molecule is O=S(=O)(c1ccc2ccccc2c1)N1CCCC(Cc2nc(-c3cnccn3)no2)C1. The Morgan fingerprint density at radius 2 is 1.97 bits per heavy atom. The predicted molar refractivity (Wildman–Crippen MR) is 114 cm³/mol. The summed E-state index contributed by atoms with van der Waals surface area (Å²) in [4.78, 5) is 12.9. The Bertz CT molecular complexity index is 1310. The highest BCUT2D eigenvalue weighted by molar-refractivity contribution is 7.89. The van der Waals surface area contributed by atoms with Gasteiger partial charge in [-0.15, -0.1) is 0 Å². The molecule has 158 valence electrons. The fourth-order valence-corrected chi connectivity index (χ4v) is 5.58. The number of rotatable bonds is 5. The van der Waals surface area contributed by atoms with Crippen molar-refractivity contribution in [3.8, 4) is 11.5 Å². The zero-order chi connectivity index (χ0) is 21.3. The topological polar surface area (TPSA) is 102 Å². The molecule has 8 nitrogen and oxygen atoms in total. The highest BCUT2D eigenvalue weighted by Crippen LogP contribution is 2.28. The molecule has 0 bridgehead atoms. The summed E-state index contributed by atoms with van der Waals surface area (Å²) >= 11 is 0. The molecule has 2 aromatic heterocycles. The third-order valence-corrected chi connectivity index (χ3v) is 7.43. The minimum Gasteiger partial charge on any atom is -0.339 e. The van der Waals surface area contributed by atoms with Crippen LogP contribution >= 0.6 is 0 Å². The van der Waals surface area contributed by atoms with Crippen LogP contribution in [0, 0.1) is 5.92 Å². The predicted octanol–water partition coefficient (Wildman–Crippen LogP) is 3.32. The van der Waals surface area contributed by atoms with Gasteiger partial charge >= 0.3 is 0 Å². The monoisotopic (exact) mass is 435 g/mol. The maximum absolute atomic E-state index is 13.3. The van der Waals surface area contributed by atoms with Gasteiger partial charge in [0, 0.05) is 31.9 Å². The largest absolute Gasteiger partial charge is 0.339 e. The number of sulfonamides is 1. The van der Waals surface area contributed by atoms with Gasteiger partial charge in [-0.2, -0.15) is 9.29 Å². The molecule has 0 spiro atoms. The summed E-state index contributed by atoms with van der Waals surface area (Å²) in [6.07, 6.45) is 6.96. The standard InChI is InChI=1S/C22H21N5O3S/c28-31(29,19-8-7-17-5-1-2-6-18(17)13-19)27-11-3-4-16(15-27)12-21-25-22(26-30-21)20-14-23-9-10-24-20/h1-2,5-10,13-14,16H,3-4,11-12,15H2. The first-order valence-electron chi connectivity index (χ1n) is 10.2. The number of fused-ring (bicyclic) bond motifs is 1. The van der Waals surface area contributed by atoms with E-state index in [0.29, 0.717) is 41.8 Å². The van der Waals surface area contributed by atoms with Crippen molar-refractivity contribution in [1.29, 1.82) is 0 Å². The molecule has 9 heteroatoms. The molecule has 0 saturated carbocycles. The molecule has 0 aliphatic carbocycles. The van der Waals surface area contributed by atoms with Crippen LogP contribution in [0.5, 0.6) is 0 Å². The van der Waals surface area contributed by atoms with E-state index in [2.05, 4.69) is 20.1 Å². The maximum atomic E-state index is 13.3. The molecule has 3 heterocycles. The van der Waals surface area contributed by atoms with Gasteiger partial charge in [-0.3, -0.25) is 4.98 Å². The average molecular weight is 436 g/mol. The first-order chi connectivity index (χ1) is 15.1. The quantitative estimate of drug-likeness (QED) is 0.474. The van der Waals surface area contributed by atoms with Gasteiger partial charge in [-0.1, -0.05) is 35.5 Å². The summed E-state index contributed by atoms with van der Waals surface area (Å²) < 4.78 is 33.5. The number of benzene rings is 2. The maximum Gasteiger partial charge on any atom is 0.243 e. The Morgan fingerprint density at radius 1 is 1.10 bits per heavy atom. The van der Waals surface area contributed by atoms with Crippen LogP contribution in [-0.4, -0.2) is 45.9 Å². The summed E-state index contributed by atoms with van der Waals surface area (Å²) in [5.74, 6) is 0.981. The molecule has 0 N–H and O–H groups in total. The molecule has 1 saturated heterocycles. The lowest BCUT2D eigenvalue weighted by molar-refractivity contribution is 0.247. The molecule has 0 radical (unpaired) electrons. The average Bonchev–Trinajstić information content (AvgIpc) is 3.28. The van der Waals surface area contributed by atoms with Crippen molar-refractivity contribution >= 4 is 20.8 Å². The molecule has 1 fully saturated rings. The number of nitrogens with zero attached hydrogens (tertiary/aromatic N) is 5. The van der Waals surface area contributed by atoms with Crippen molar-refractivity contribution in [2.24, 2.45) is 5.92 Å². The van der Waals surface area contributed by atoms with Crippen LogP contribution in [0.2, 0.25) is 0 Å². The minimum absolute atomic E-state index is 0.110. The fraction of sp³-hybridized carbons (Fsp3) is 0.273. The van der Waals surface area contributed by atoms with Gasteiger partial charge in [0.1, 0.15) is 5.69 Å². The Hall–Kier alpha value is -3.17. The van der Waals surface area contributed by atoms with Crippen LogP contribution in [0.4, 0.5) is 0 Å². The molecule has 4 aromatic rings. The van der Waals surface area contributed by atoms with Crippen molar-refractivity contribution in [1.82, 2.24) is 24.4 Å². The number of hydrogen-bond acceptors (Lipinski definition) is 7. The first kappa shape index (κ1) is 19.8. The summed E-state index contributed by atoms with van der Waals surface area (Å²) in [5.41, 5.74) is 0.543. The van der Waals surface area contributed by atoms with E-state index in [0.717, 1.165) is 23.6 Å². The summed E-state index contributed by atoms with van der Waals surface area (Å²) in [6, 6.07) is 13.1. The summed E-state index contributed by atoms with van der Waals surface area (Å²) in [5, 5.41) is 5.91. The van der Waals surface area contributed by atoms with E-state index < -0.39 is 10.0 Å². The van der Waals surface area contributed by atoms with Crippen LogP contribution in [0.3, 0.4) is 0 Å². The number of piperidine rings is 1. The molecule has 2 aromatic carbocycles. The lowest BCUT2D eigenvalue weighted by Crippen LogP contribution is -2.40. The lowest BCUT2D eigenvalue weighted by Gasteiger charge is -2.31. The molecule has 31 heavy (non-hydrogen) atoms. The number of aromatic nitrogens is 4. The lowest BCUT2D eigenvalue weighted by atomic mass is 9.96. The van der Waals surface area contributed by atoms with Crippen LogP contribution in [0.15, 0.2) is 70.5 Å². The van der Waals surface area contributed by atoms with E-state index >= 15 is 0 Å². The molecular weight excluding hydrogens is 414 g/mol. The number of hydrogen-bond donors (Lipinski definition) is 0. The van der Waals surface area contributed by atoms with Gasteiger partial charge < -0.3 is 4.52 Å². The summed E-state index contributed by atoms with van der Waals surface area (Å²) in [6.45, 7) is 0.943. The second-order valence-electron chi connectivity index (χ2n) is 7.69. The van der Waals surface area contributed by atoms with Gasteiger partial charge in [0.05, 0.1) is 11.1 Å². The molecular formula is C22H21N5O3S. The highest BCUT2D eigenvalue weighted by atomic mass is 32.2.